The maximum Gasteiger partial charge on any atom is 0.410 e. The molecule has 1 aliphatic rings. The van der Waals surface area contributed by atoms with Gasteiger partial charge in [-0.3, -0.25) is 0 Å². The molecule has 26 heavy (non-hydrogen) atoms. The predicted molar refractivity (Wildman–Crippen MR) is 97.1 cm³/mol. The summed E-state index contributed by atoms with van der Waals surface area (Å²) in [6, 6.07) is 9.02. The van der Waals surface area contributed by atoms with Gasteiger partial charge in [0.2, 0.25) is 0 Å². The van der Waals surface area contributed by atoms with Crippen molar-refractivity contribution in [2.24, 2.45) is 0 Å². The van der Waals surface area contributed by atoms with E-state index in [2.05, 4.69) is 6.07 Å². The van der Waals surface area contributed by atoms with Gasteiger partial charge in [-0.2, -0.15) is 5.26 Å². The van der Waals surface area contributed by atoms with Crippen LogP contribution in [-0.2, 0) is 14.3 Å². The zero-order valence-electron chi connectivity index (χ0n) is 15.7. The highest BCUT2D eigenvalue weighted by molar-refractivity contribution is 5.99. The van der Waals surface area contributed by atoms with Crippen molar-refractivity contribution in [3.05, 3.63) is 41.0 Å². The Labute approximate surface area is 154 Å². The van der Waals surface area contributed by atoms with E-state index < -0.39 is 11.7 Å². The van der Waals surface area contributed by atoms with E-state index in [1.165, 1.54) is 0 Å². The van der Waals surface area contributed by atoms with E-state index in [1.54, 1.807) is 36.1 Å². The molecule has 1 aromatic carbocycles. The number of carbonyl (C=O) groups is 2. The molecule has 0 atom stereocenters. The van der Waals surface area contributed by atoms with Gasteiger partial charge in [0, 0.05) is 12.1 Å². The number of benzene rings is 1. The van der Waals surface area contributed by atoms with E-state index >= 15 is 0 Å². The van der Waals surface area contributed by atoms with E-state index in [0.29, 0.717) is 30.7 Å². The fraction of sp³-hybridized carbons (Fsp3) is 0.450. The summed E-state index contributed by atoms with van der Waals surface area (Å²) in [6.07, 6.45) is -0.0144. The lowest BCUT2D eigenvalue weighted by molar-refractivity contribution is -0.138. The number of nitriles is 1. The molecule has 0 unspecified atom stereocenters. The minimum atomic E-state index is -0.586. The highest BCUT2D eigenvalue weighted by atomic mass is 16.6. The summed E-state index contributed by atoms with van der Waals surface area (Å²) in [7, 11) is 0. The van der Waals surface area contributed by atoms with E-state index in [0.717, 1.165) is 11.1 Å². The van der Waals surface area contributed by atoms with E-state index in [-0.39, 0.29) is 12.5 Å². The third kappa shape index (κ3) is 4.85. The van der Waals surface area contributed by atoms with Gasteiger partial charge in [-0.1, -0.05) is 12.1 Å². The van der Waals surface area contributed by atoms with Crippen molar-refractivity contribution in [2.75, 3.05) is 19.7 Å². The van der Waals surface area contributed by atoms with Gasteiger partial charge in [0.1, 0.15) is 5.60 Å². The Kier molecular flexibility index (Phi) is 6.04. The molecular formula is C20H24N2O4. The van der Waals surface area contributed by atoms with Gasteiger partial charge in [-0.05, 0) is 57.4 Å². The normalized spacial score (nSPS) is 14.7. The summed E-state index contributed by atoms with van der Waals surface area (Å²) in [5.41, 5.74) is 2.03. The number of nitrogens with zero attached hydrogens (tertiary/aromatic N) is 2. The lowest BCUT2D eigenvalue weighted by atomic mass is 9.93. The lowest BCUT2D eigenvalue weighted by Gasteiger charge is -2.32. The minimum Gasteiger partial charge on any atom is -0.463 e. The van der Waals surface area contributed by atoms with Crippen LogP contribution in [0.25, 0.3) is 5.57 Å². The van der Waals surface area contributed by atoms with Crippen LogP contribution >= 0.6 is 0 Å². The fourth-order valence-electron chi connectivity index (χ4n) is 2.70. The summed E-state index contributed by atoms with van der Waals surface area (Å²) in [5, 5.41) is 8.97. The smallest absolute Gasteiger partial charge is 0.410 e. The molecule has 0 bridgehead atoms. The van der Waals surface area contributed by atoms with Crippen molar-refractivity contribution < 1.29 is 19.1 Å². The van der Waals surface area contributed by atoms with Crippen LogP contribution in [-0.4, -0.2) is 42.3 Å². The molecule has 2 rings (SSSR count). The minimum absolute atomic E-state index is 0.259. The maximum absolute atomic E-state index is 12.4. The molecule has 0 aliphatic carbocycles. The van der Waals surface area contributed by atoms with Crippen LogP contribution in [0.15, 0.2) is 29.8 Å². The molecule has 1 amide bonds. The second-order valence-electron chi connectivity index (χ2n) is 7.02. The average Bonchev–Trinajstić information content (AvgIpc) is 2.60. The zero-order valence-corrected chi connectivity index (χ0v) is 15.7. The second-order valence-corrected chi connectivity index (χ2v) is 7.02. The molecule has 0 radical (unpaired) electrons. The Morgan fingerprint density at radius 2 is 1.88 bits per heavy atom. The third-order valence-corrected chi connectivity index (χ3v) is 3.88. The van der Waals surface area contributed by atoms with Crippen LogP contribution in [0.4, 0.5) is 4.79 Å². The molecule has 1 heterocycles. The number of ether oxygens (including phenoxy) is 2. The lowest BCUT2D eigenvalue weighted by Crippen LogP contribution is -2.41. The summed E-state index contributed by atoms with van der Waals surface area (Å²) >= 11 is 0. The van der Waals surface area contributed by atoms with Crippen molar-refractivity contribution in [1.29, 1.82) is 5.26 Å². The van der Waals surface area contributed by atoms with Crippen LogP contribution in [0, 0.1) is 11.3 Å². The summed E-state index contributed by atoms with van der Waals surface area (Å²) in [6.45, 7) is 8.15. The van der Waals surface area contributed by atoms with Gasteiger partial charge in [-0.15, -0.1) is 0 Å². The molecule has 0 saturated heterocycles. The summed E-state index contributed by atoms with van der Waals surface area (Å²) < 4.78 is 10.6. The number of hydrogen-bond acceptors (Lipinski definition) is 5. The van der Waals surface area contributed by atoms with E-state index in [9.17, 15) is 9.59 Å². The first-order valence-electron chi connectivity index (χ1n) is 8.62. The number of amides is 1. The molecule has 6 nitrogen and oxygen atoms in total. The van der Waals surface area contributed by atoms with Gasteiger partial charge in [0.25, 0.3) is 0 Å². The fourth-order valence-corrected chi connectivity index (χ4v) is 2.70. The van der Waals surface area contributed by atoms with Crippen molar-refractivity contribution in [3.63, 3.8) is 0 Å². The van der Waals surface area contributed by atoms with Gasteiger partial charge >= 0.3 is 12.1 Å². The maximum atomic E-state index is 12.4. The van der Waals surface area contributed by atoms with Crippen molar-refractivity contribution >= 4 is 17.6 Å². The number of rotatable bonds is 3. The zero-order chi connectivity index (χ0) is 19.3. The molecule has 0 saturated carbocycles. The molecule has 6 heteroatoms. The standard InChI is InChI=1S/C20H24N2O4/c1-5-25-18(23)16-10-11-22(19(24)26-20(2,3)4)13-17(16)15-8-6-14(12-21)7-9-15/h6-9H,5,10-11,13H2,1-4H3. The Balaban J connectivity index is 2.35. The molecular weight excluding hydrogens is 332 g/mol. The average molecular weight is 356 g/mol. The van der Waals surface area contributed by atoms with Gasteiger partial charge in [0.05, 0.1) is 24.8 Å². The molecule has 1 aliphatic heterocycles. The molecule has 0 aromatic heterocycles. The molecule has 0 fully saturated rings. The number of esters is 1. The first-order valence-corrected chi connectivity index (χ1v) is 8.62. The van der Waals surface area contributed by atoms with Crippen LogP contribution < -0.4 is 0 Å². The Morgan fingerprint density at radius 3 is 2.42 bits per heavy atom. The Hall–Kier alpha value is -2.81. The van der Waals surface area contributed by atoms with E-state index in [4.69, 9.17) is 14.7 Å². The molecule has 138 valence electrons. The largest absolute Gasteiger partial charge is 0.463 e. The van der Waals surface area contributed by atoms with Crippen LogP contribution in [0.1, 0.15) is 45.2 Å². The topological polar surface area (TPSA) is 79.6 Å². The number of carbonyl (C=O) groups excluding carboxylic acids is 2. The molecule has 1 aromatic rings. The first-order chi connectivity index (χ1) is 12.2. The SMILES string of the molecule is CCOC(=O)C1=C(c2ccc(C#N)cc2)CN(C(=O)OC(C)(C)C)CC1. The summed E-state index contributed by atoms with van der Waals surface area (Å²) in [4.78, 5) is 26.3. The van der Waals surface area contributed by atoms with Gasteiger partial charge in [-0.25, -0.2) is 9.59 Å². The monoisotopic (exact) mass is 356 g/mol. The second kappa shape index (κ2) is 8.05. The number of hydrogen-bond donors (Lipinski definition) is 0. The van der Waals surface area contributed by atoms with E-state index in [1.807, 2.05) is 20.8 Å². The van der Waals surface area contributed by atoms with Gasteiger partial charge < -0.3 is 14.4 Å². The molecule has 0 spiro atoms. The Morgan fingerprint density at radius 1 is 1.23 bits per heavy atom. The van der Waals surface area contributed by atoms with Crippen LogP contribution in [0.2, 0.25) is 0 Å². The van der Waals surface area contributed by atoms with Crippen molar-refractivity contribution in [1.82, 2.24) is 4.90 Å². The van der Waals surface area contributed by atoms with Gasteiger partial charge in [0.15, 0.2) is 0 Å². The molecule has 0 N–H and O–H groups in total. The van der Waals surface area contributed by atoms with Crippen molar-refractivity contribution in [3.8, 4) is 6.07 Å². The quantitative estimate of drug-likeness (QED) is 0.774. The first kappa shape index (κ1) is 19.5. The third-order valence-electron chi connectivity index (χ3n) is 3.88. The highest BCUT2D eigenvalue weighted by Crippen LogP contribution is 2.29. The highest BCUT2D eigenvalue weighted by Gasteiger charge is 2.30. The van der Waals surface area contributed by atoms with Crippen LogP contribution in [0.3, 0.4) is 0 Å². The van der Waals surface area contributed by atoms with Crippen LogP contribution in [0.5, 0.6) is 0 Å². The predicted octanol–water partition coefficient (Wildman–Crippen LogP) is 3.52. The van der Waals surface area contributed by atoms with Crippen molar-refractivity contribution in [2.45, 2.75) is 39.7 Å². The Bertz CT molecular complexity index is 752. The summed E-state index contributed by atoms with van der Waals surface area (Å²) in [5.74, 6) is -0.365.